The van der Waals surface area contributed by atoms with Gasteiger partial charge in [-0.15, -0.1) is 11.3 Å². The van der Waals surface area contributed by atoms with Crippen molar-refractivity contribution in [2.24, 2.45) is 0 Å². The van der Waals surface area contributed by atoms with Gasteiger partial charge in [-0.2, -0.15) is 13.2 Å². The van der Waals surface area contributed by atoms with E-state index >= 15 is 0 Å². The first-order valence-electron chi connectivity index (χ1n) is 14.3. The molecule has 45 heavy (non-hydrogen) atoms. The highest BCUT2D eigenvalue weighted by atomic mass is 32.1. The number of carbonyl (C=O) groups is 2. The molecule has 0 bridgehead atoms. The first kappa shape index (κ1) is 33.6. The maximum atomic E-state index is 13.4. The average molecular weight is 640 g/mol. The molecule has 3 aromatic carbocycles. The van der Waals surface area contributed by atoms with Gasteiger partial charge in [-0.05, 0) is 60.9 Å². The van der Waals surface area contributed by atoms with E-state index in [0.717, 1.165) is 28.4 Å². The van der Waals surface area contributed by atoms with E-state index in [9.17, 15) is 27.9 Å². The van der Waals surface area contributed by atoms with Crippen LogP contribution in [0.25, 0.3) is 0 Å². The smallest absolute Gasteiger partial charge is 0.390 e. The second kappa shape index (κ2) is 15.2. The zero-order valence-electron chi connectivity index (χ0n) is 25.2. The Kier molecular flexibility index (Phi) is 11.3. The highest BCUT2D eigenvalue weighted by Crippen LogP contribution is 2.32. The van der Waals surface area contributed by atoms with Gasteiger partial charge in [0.1, 0.15) is 5.01 Å². The van der Waals surface area contributed by atoms with Crippen LogP contribution in [0.1, 0.15) is 48.1 Å². The average Bonchev–Trinajstić information content (AvgIpc) is 3.44. The molecule has 0 aliphatic carbocycles. The largest absolute Gasteiger partial charge is 0.416 e. The molecule has 0 saturated heterocycles. The van der Waals surface area contributed by atoms with Crippen molar-refractivity contribution >= 4 is 28.8 Å². The Hall–Kier alpha value is -4.26. The lowest BCUT2D eigenvalue weighted by Gasteiger charge is -2.25. The van der Waals surface area contributed by atoms with Crippen molar-refractivity contribution in [3.63, 3.8) is 0 Å². The van der Waals surface area contributed by atoms with Crippen LogP contribution in [0.4, 0.5) is 18.9 Å². The number of nitrogens with one attached hydrogen (secondary N) is 3. The van der Waals surface area contributed by atoms with Crippen LogP contribution in [0.5, 0.6) is 0 Å². The van der Waals surface area contributed by atoms with Crippen LogP contribution in [-0.4, -0.2) is 59.6 Å². The van der Waals surface area contributed by atoms with Gasteiger partial charge in [0.15, 0.2) is 0 Å². The number of anilines is 1. The monoisotopic (exact) mass is 639 g/mol. The standard InChI is InChI=1S/C33H36F3N5O3S/c1-21-20-45-30(39-21)19-41(3)32(44)25-11-7-10-24(15-25)31(43)40-28(14-22-8-5-4-6-9-22)29(42)18-38-17-23-12-26(33(34,35)36)16-27(13-23)37-2/h4-13,15-16,20,28-29,37-38,42H,14,17-19H2,1-3H3,(H,40,43)/t28-,29+/m0/s1. The molecule has 0 aliphatic rings. The van der Waals surface area contributed by atoms with Gasteiger partial charge in [0.05, 0.1) is 24.3 Å². The number of alkyl halides is 3. The van der Waals surface area contributed by atoms with E-state index in [0.29, 0.717) is 29.8 Å². The van der Waals surface area contributed by atoms with E-state index < -0.39 is 29.8 Å². The Balaban J connectivity index is 1.44. The quantitative estimate of drug-likeness (QED) is 0.159. The molecule has 0 spiro atoms. The maximum Gasteiger partial charge on any atom is 0.416 e. The van der Waals surface area contributed by atoms with Crippen molar-refractivity contribution in [3.05, 3.63) is 117 Å². The topological polar surface area (TPSA) is 107 Å². The fourth-order valence-corrected chi connectivity index (χ4v) is 5.60. The molecule has 8 nitrogen and oxygen atoms in total. The number of benzene rings is 3. The third-order valence-electron chi connectivity index (χ3n) is 7.13. The van der Waals surface area contributed by atoms with Crippen LogP contribution in [0.3, 0.4) is 0 Å². The third-order valence-corrected chi connectivity index (χ3v) is 8.08. The number of rotatable bonds is 13. The lowest BCUT2D eigenvalue weighted by Crippen LogP contribution is -2.48. The number of thiazole rings is 1. The molecule has 2 amide bonds. The van der Waals surface area contributed by atoms with Crippen LogP contribution in [0.2, 0.25) is 0 Å². The minimum Gasteiger partial charge on any atom is -0.390 e. The van der Waals surface area contributed by atoms with Crippen molar-refractivity contribution in [2.45, 2.75) is 44.8 Å². The van der Waals surface area contributed by atoms with E-state index in [4.69, 9.17) is 0 Å². The second-order valence-corrected chi connectivity index (χ2v) is 11.7. The number of aromatic nitrogens is 1. The molecule has 0 fully saturated rings. The minimum absolute atomic E-state index is 0.00244. The lowest BCUT2D eigenvalue weighted by molar-refractivity contribution is -0.137. The van der Waals surface area contributed by atoms with Crippen molar-refractivity contribution < 1.29 is 27.9 Å². The minimum atomic E-state index is -4.50. The summed E-state index contributed by atoms with van der Waals surface area (Å²) in [5, 5.41) is 22.5. The van der Waals surface area contributed by atoms with Crippen LogP contribution in [-0.2, 0) is 25.7 Å². The molecule has 4 rings (SSSR count). The fraction of sp³-hybridized carbons (Fsp3) is 0.303. The summed E-state index contributed by atoms with van der Waals surface area (Å²) in [7, 11) is 3.21. The van der Waals surface area contributed by atoms with Gasteiger partial charge in [-0.25, -0.2) is 4.98 Å². The summed E-state index contributed by atoms with van der Waals surface area (Å²) >= 11 is 1.47. The molecule has 4 N–H and O–H groups in total. The summed E-state index contributed by atoms with van der Waals surface area (Å²) in [4.78, 5) is 32.4. The molecule has 0 saturated carbocycles. The maximum absolute atomic E-state index is 13.4. The van der Waals surface area contributed by atoms with E-state index in [-0.39, 0.29) is 24.6 Å². The van der Waals surface area contributed by atoms with Crippen molar-refractivity contribution in [1.29, 1.82) is 0 Å². The summed E-state index contributed by atoms with van der Waals surface area (Å²) in [6.45, 7) is 2.29. The number of hydrogen-bond acceptors (Lipinski definition) is 7. The summed E-state index contributed by atoms with van der Waals surface area (Å²) in [5.41, 5.74) is 2.29. The number of aryl methyl sites for hydroxylation is 1. The van der Waals surface area contributed by atoms with Crippen molar-refractivity contribution in [1.82, 2.24) is 20.5 Å². The fourth-order valence-electron chi connectivity index (χ4n) is 4.78. The first-order valence-corrected chi connectivity index (χ1v) is 15.2. The summed E-state index contributed by atoms with van der Waals surface area (Å²) in [5.74, 6) is -0.738. The first-order chi connectivity index (χ1) is 21.4. The van der Waals surface area contributed by atoms with Crippen LogP contribution < -0.4 is 16.0 Å². The molecular weight excluding hydrogens is 603 g/mol. The molecule has 1 heterocycles. The van der Waals surface area contributed by atoms with Gasteiger partial charge in [-0.3, -0.25) is 9.59 Å². The molecule has 2 atom stereocenters. The number of nitrogens with zero attached hydrogens (tertiary/aromatic N) is 2. The highest BCUT2D eigenvalue weighted by Gasteiger charge is 2.31. The molecular formula is C33H36F3N5O3S. The molecule has 0 unspecified atom stereocenters. The second-order valence-electron chi connectivity index (χ2n) is 10.8. The third kappa shape index (κ3) is 9.61. The van der Waals surface area contributed by atoms with Gasteiger partial charge in [0.25, 0.3) is 11.8 Å². The SMILES string of the molecule is CNc1cc(CNC[C@@H](O)[C@H](Cc2ccccc2)NC(=O)c2cccc(C(=O)N(C)Cc3nc(C)cs3)c2)cc(C(F)(F)F)c1. The van der Waals surface area contributed by atoms with E-state index in [2.05, 4.69) is 20.9 Å². The zero-order valence-corrected chi connectivity index (χ0v) is 26.0. The Morgan fingerprint density at radius 2 is 1.73 bits per heavy atom. The Morgan fingerprint density at radius 3 is 2.40 bits per heavy atom. The van der Waals surface area contributed by atoms with Crippen LogP contribution in [0, 0.1) is 6.92 Å². The van der Waals surface area contributed by atoms with Gasteiger partial charge in [-0.1, -0.05) is 36.4 Å². The number of amides is 2. The molecule has 12 heteroatoms. The van der Waals surface area contributed by atoms with E-state index in [1.807, 2.05) is 42.6 Å². The number of halogens is 3. The normalized spacial score (nSPS) is 12.8. The Bertz CT molecular complexity index is 1600. The molecule has 0 aliphatic heterocycles. The number of hydrogen-bond donors (Lipinski definition) is 4. The van der Waals surface area contributed by atoms with Gasteiger partial charge < -0.3 is 26.0 Å². The van der Waals surface area contributed by atoms with Crippen LogP contribution in [0.15, 0.2) is 78.2 Å². The van der Waals surface area contributed by atoms with Gasteiger partial charge >= 0.3 is 6.18 Å². The van der Waals surface area contributed by atoms with Crippen molar-refractivity contribution in [3.8, 4) is 0 Å². The number of carbonyl (C=O) groups excluding carboxylic acids is 2. The Morgan fingerprint density at radius 1 is 1.00 bits per heavy atom. The van der Waals surface area contributed by atoms with Crippen LogP contribution >= 0.6 is 11.3 Å². The van der Waals surface area contributed by atoms with E-state index in [1.54, 1.807) is 38.4 Å². The predicted octanol–water partition coefficient (Wildman–Crippen LogP) is 5.28. The predicted molar refractivity (Wildman–Crippen MR) is 169 cm³/mol. The van der Waals surface area contributed by atoms with Gasteiger partial charge in [0.2, 0.25) is 0 Å². The lowest BCUT2D eigenvalue weighted by atomic mass is 10.00. The van der Waals surface area contributed by atoms with E-state index in [1.165, 1.54) is 22.3 Å². The van der Waals surface area contributed by atoms with Crippen molar-refractivity contribution in [2.75, 3.05) is 26.0 Å². The zero-order chi connectivity index (χ0) is 32.6. The Labute approximate surface area is 264 Å². The molecule has 1 aromatic heterocycles. The molecule has 238 valence electrons. The summed E-state index contributed by atoms with van der Waals surface area (Å²) in [6, 6.07) is 18.6. The molecule has 0 radical (unpaired) electrons. The highest BCUT2D eigenvalue weighted by molar-refractivity contribution is 7.09. The van der Waals surface area contributed by atoms with Gasteiger partial charge in [0, 0.05) is 55.1 Å². The summed E-state index contributed by atoms with van der Waals surface area (Å²) in [6.07, 6.45) is -5.28. The number of aliphatic hydroxyl groups excluding tert-OH is 1. The number of aliphatic hydroxyl groups is 1. The summed E-state index contributed by atoms with van der Waals surface area (Å²) < 4.78 is 40.1. The molecule has 4 aromatic rings.